The van der Waals surface area contributed by atoms with Gasteiger partial charge in [0, 0.05) is 12.6 Å². The van der Waals surface area contributed by atoms with Gasteiger partial charge in [-0.1, -0.05) is 6.92 Å². The fourth-order valence-electron chi connectivity index (χ4n) is 1.54. The van der Waals surface area contributed by atoms with Crippen molar-refractivity contribution in [2.24, 2.45) is 0 Å². The average Bonchev–Trinajstić information content (AvgIpc) is 2.12. The summed E-state index contributed by atoms with van der Waals surface area (Å²) in [6, 6.07) is 0.185. The third-order valence-electron chi connectivity index (χ3n) is 2.50. The number of aliphatic hydroxyl groups is 1. The molecule has 2 atom stereocenters. The molecule has 2 unspecified atom stereocenters. The summed E-state index contributed by atoms with van der Waals surface area (Å²) in [5, 5.41) is 9.86. The quantitative estimate of drug-likeness (QED) is 0.593. The number of ether oxygens (including phenoxy) is 1. The van der Waals surface area contributed by atoms with E-state index >= 15 is 0 Å². The molecule has 0 spiro atoms. The maximum absolute atomic E-state index is 9.86. The van der Waals surface area contributed by atoms with Gasteiger partial charge in [0.15, 0.2) is 0 Å². The Balaban J connectivity index is 3.66. The van der Waals surface area contributed by atoms with Crippen LogP contribution in [0.2, 0.25) is 0 Å². The smallest absolute Gasteiger partial charge is 0.0928 e. The number of likely N-dealkylation sites (N-methyl/N-ethyl adjacent to an activating group) is 2. The zero-order chi connectivity index (χ0) is 11.8. The van der Waals surface area contributed by atoms with Crippen molar-refractivity contribution < 1.29 is 9.84 Å². The molecule has 0 saturated heterocycles. The van der Waals surface area contributed by atoms with E-state index in [0.29, 0.717) is 13.2 Å². The molecule has 1 N–H and O–H groups in total. The minimum Gasteiger partial charge on any atom is -0.389 e. The zero-order valence-corrected chi connectivity index (χ0v) is 10.7. The Labute approximate surface area is 93.8 Å². The van der Waals surface area contributed by atoms with Crippen LogP contribution in [0.5, 0.6) is 0 Å². The van der Waals surface area contributed by atoms with E-state index in [0.717, 1.165) is 13.0 Å². The summed E-state index contributed by atoms with van der Waals surface area (Å²) in [6.45, 7) is 4.07. The van der Waals surface area contributed by atoms with E-state index in [1.54, 1.807) is 0 Å². The van der Waals surface area contributed by atoms with E-state index < -0.39 is 6.10 Å². The van der Waals surface area contributed by atoms with Gasteiger partial charge in [-0.15, -0.1) is 0 Å². The molecule has 0 amide bonds. The molecule has 0 bridgehead atoms. The maximum Gasteiger partial charge on any atom is 0.0928 e. The maximum atomic E-state index is 9.86. The fraction of sp³-hybridized carbons (Fsp3) is 1.00. The molecule has 4 heteroatoms. The van der Waals surface area contributed by atoms with E-state index in [9.17, 15) is 5.11 Å². The van der Waals surface area contributed by atoms with Crippen LogP contribution in [0.15, 0.2) is 0 Å². The first-order valence-corrected chi connectivity index (χ1v) is 5.56. The summed E-state index contributed by atoms with van der Waals surface area (Å²) in [7, 11) is 7.98. The number of aliphatic hydroxyl groups excluding tert-OH is 1. The molecule has 0 aromatic heterocycles. The molecule has 0 aliphatic carbocycles. The normalized spacial score (nSPS) is 16.0. The minimum atomic E-state index is -0.396. The second kappa shape index (κ2) is 8.05. The molecule has 0 aliphatic rings. The van der Waals surface area contributed by atoms with Crippen LogP contribution in [0, 0.1) is 0 Å². The molecule has 0 saturated carbocycles. The minimum absolute atomic E-state index is 0.185. The van der Waals surface area contributed by atoms with Crippen LogP contribution >= 0.6 is 0 Å². The molecule has 0 radical (unpaired) electrons. The van der Waals surface area contributed by atoms with Gasteiger partial charge in [-0.3, -0.25) is 0 Å². The topological polar surface area (TPSA) is 35.9 Å². The summed E-state index contributed by atoms with van der Waals surface area (Å²) < 4.78 is 5.42. The Morgan fingerprint density at radius 1 is 1.20 bits per heavy atom. The molecule has 4 nitrogen and oxygen atoms in total. The van der Waals surface area contributed by atoms with Gasteiger partial charge in [0.25, 0.3) is 0 Å². The molecule has 15 heavy (non-hydrogen) atoms. The van der Waals surface area contributed by atoms with Crippen LogP contribution in [-0.2, 0) is 4.74 Å². The number of hydrogen-bond acceptors (Lipinski definition) is 4. The highest BCUT2D eigenvalue weighted by molar-refractivity contribution is 4.73. The van der Waals surface area contributed by atoms with Crippen molar-refractivity contribution in [2.45, 2.75) is 25.5 Å². The summed E-state index contributed by atoms with van der Waals surface area (Å²) in [5.41, 5.74) is 0. The van der Waals surface area contributed by atoms with Gasteiger partial charge in [-0.2, -0.15) is 0 Å². The van der Waals surface area contributed by atoms with Gasteiger partial charge in [-0.25, -0.2) is 0 Å². The molecule has 0 rings (SSSR count). The van der Waals surface area contributed by atoms with Gasteiger partial charge >= 0.3 is 0 Å². The first-order chi connectivity index (χ1) is 6.99. The van der Waals surface area contributed by atoms with Crippen LogP contribution < -0.4 is 0 Å². The van der Waals surface area contributed by atoms with Crippen LogP contribution in [0.3, 0.4) is 0 Å². The van der Waals surface area contributed by atoms with E-state index in [1.807, 2.05) is 33.1 Å². The van der Waals surface area contributed by atoms with Crippen molar-refractivity contribution in [2.75, 3.05) is 47.9 Å². The van der Waals surface area contributed by atoms with Crippen molar-refractivity contribution >= 4 is 0 Å². The highest BCUT2D eigenvalue weighted by Gasteiger charge is 2.19. The second-order valence-electron chi connectivity index (χ2n) is 4.38. The SMILES string of the molecule is CCC(C(O)COCCN(C)C)N(C)C. The largest absolute Gasteiger partial charge is 0.389 e. The van der Waals surface area contributed by atoms with Crippen molar-refractivity contribution in [1.82, 2.24) is 9.80 Å². The monoisotopic (exact) mass is 218 g/mol. The Kier molecular flexibility index (Phi) is 7.96. The first kappa shape index (κ1) is 14.8. The Morgan fingerprint density at radius 2 is 1.80 bits per heavy atom. The van der Waals surface area contributed by atoms with Crippen molar-refractivity contribution in [3.8, 4) is 0 Å². The number of rotatable bonds is 8. The molecule has 0 aromatic carbocycles. The predicted molar refractivity (Wildman–Crippen MR) is 63.1 cm³/mol. The van der Waals surface area contributed by atoms with Gasteiger partial charge in [0.1, 0.15) is 0 Å². The standard InChI is InChI=1S/C11H26N2O2/c1-6-10(13(4)5)11(14)9-15-8-7-12(2)3/h10-11,14H,6-9H2,1-5H3. The van der Waals surface area contributed by atoms with Gasteiger partial charge < -0.3 is 19.6 Å². The van der Waals surface area contributed by atoms with Crippen molar-refractivity contribution in [3.05, 3.63) is 0 Å². The summed E-state index contributed by atoms with van der Waals surface area (Å²) >= 11 is 0. The van der Waals surface area contributed by atoms with Crippen LogP contribution in [-0.4, -0.2) is 75.0 Å². The second-order valence-corrected chi connectivity index (χ2v) is 4.38. The zero-order valence-electron chi connectivity index (χ0n) is 10.7. The molecule has 92 valence electrons. The Hall–Kier alpha value is -0.160. The van der Waals surface area contributed by atoms with Crippen LogP contribution in [0.1, 0.15) is 13.3 Å². The van der Waals surface area contributed by atoms with E-state index in [-0.39, 0.29) is 6.04 Å². The first-order valence-electron chi connectivity index (χ1n) is 5.56. The number of hydrogen-bond donors (Lipinski definition) is 1. The van der Waals surface area contributed by atoms with Crippen molar-refractivity contribution in [3.63, 3.8) is 0 Å². The van der Waals surface area contributed by atoms with E-state index in [1.165, 1.54) is 0 Å². The van der Waals surface area contributed by atoms with Gasteiger partial charge in [-0.05, 0) is 34.6 Å². The fourth-order valence-corrected chi connectivity index (χ4v) is 1.54. The van der Waals surface area contributed by atoms with Crippen LogP contribution in [0.4, 0.5) is 0 Å². The summed E-state index contributed by atoms with van der Waals surface area (Å²) in [6.07, 6.45) is 0.540. The molecule has 0 fully saturated rings. The average molecular weight is 218 g/mol. The molecular weight excluding hydrogens is 192 g/mol. The highest BCUT2D eigenvalue weighted by atomic mass is 16.5. The molecule has 0 heterocycles. The highest BCUT2D eigenvalue weighted by Crippen LogP contribution is 2.05. The summed E-state index contributed by atoms with van der Waals surface area (Å²) in [4.78, 5) is 4.11. The lowest BCUT2D eigenvalue weighted by atomic mass is 10.1. The third kappa shape index (κ3) is 6.84. The Bertz CT molecular complexity index is 152. The van der Waals surface area contributed by atoms with Gasteiger partial charge in [0.2, 0.25) is 0 Å². The van der Waals surface area contributed by atoms with E-state index in [2.05, 4.69) is 11.8 Å². The lowest BCUT2D eigenvalue weighted by molar-refractivity contribution is -0.0100. The van der Waals surface area contributed by atoms with Crippen molar-refractivity contribution in [1.29, 1.82) is 0 Å². The van der Waals surface area contributed by atoms with Gasteiger partial charge in [0.05, 0.1) is 19.3 Å². The third-order valence-corrected chi connectivity index (χ3v) is 2.50. The van der Waals surface area contributed by atoms with E-state index in [4.69, 9.17) is 4.74 Å². The number of nitrogens with zero attached hydrogens (tertiary/aromatic N) is 2. The lowest BCUT2D eigenvalue weighted by Gasteiger charge is -2.27. The molecule has 0 aromatic rings. The lowest BCUT2D eigenvalue weighted by Crippen LogP contribution is -2.41. The Morgan fingerprint density at radius 3 is 2.20 bits per heavy atom. The molecule has 0 aliphatic heterocycles. The predicted octanol–water partition coefficient (Wildman–Crippen LogP) is 0.266. The summed E-state index contributed by atoms with van der Waals surface area (Å²) in [5.74, 6) is 0. The van der Waals surface area contributed by atoms with Crippen LogP contribution in [0.25, 0.3) is 0 Å². The molecular formula is C11H26N2O2.